The van der Waals surface area contributed by atoms with Gasteiger partial charge in [0.2, 0.25) is 11.8 Å². The second-order valence-electron chi connectivity index (χ2n) is 13.3. The van der Waals surface area contributed by atoms with Gasteiger partial charge in [-0.05, 0) is 77.0 Å². The molecule has 0 atom stereocenters. The van der Waals surface area contributed by atoms with Gasteiger partial charge in [-0.15, -0.1) is 0 Å². The molecule has 0 aromatic carbocycles. The Labute approximate surface area is 296 Å². The predicted octanol–water partition coefficient (Wildman–Crippen LogP) is 12.4. The van der Waals surface area contributed by atoms with Crippen LogP contribution in [-0.4, -0.2) is 23.5 Å². The minimum atomic E-state index is -0.0718. The SMILES string of the molecule is CCCCCCC=CC=CCCCCCCCC(=O)NC(=N)CCCCC(=N)NC(=O)CCCCCCCC=CC=CCCCCCC. The Balaban J connectivity index is 3.59. The fourth-order valence-electron chi connectivity index (χ4n) is 5.42. The first-order valence-electron chi connectivity index (χ1n) is 19.9. The largest absolute Gasteiger partial charge is 0.315 e. The van der Waals surface area contributed by atoms with Crippen LogP contribution in [-0.2, 0) is 9.59 Å². The second-order valence-corrected chi connectivity index (χ2v) is 13.3. The van der Waals surface area contributed by atoms with Gasteiger partial charge in [0.25, 0.3) is 0 Å². The minimum absolute atomic E-state index is 0.0718. The molecule has 6 heteroatoms. The molecule has 48 heavy (non-hydrogen) atoms. The maximum absolute atomic E-state index is 12.1. The van der Waals surface area contributed by atoms with E-state index in [4.69, 9.17) is 10.8 Å². The van der Waals surface area contributed by atoms with Gasteiger partial charge in [0.05, 0.1) is 11.7 Å². The highest BCUT2D eigenvalue weighted by molar-refractivity contribution is 5.97. The molecule has 0 aromatic heterocycles. The van der Waals surface area contributed by atoms with Crippen LogP contribution < -0.4 is 10.6 Å². The third-order valence-corrected chi connectivity index (χ3v) is 8.45. The monoisotopic (exact) mass is 667 g/mol. The number of nitrogens with one attached hydrogen (secondary N) is 4. The molecule has 0 heterocycles. The van der Waals surface area contributed by atoms with Crippen LogP contribution in [0.2, 0.25) is 0 Å². The van der Waals surface area contributed by atoms with E-state index in [-0.39, 0.29) is 23.5 Å². The van der Waals surface area contributed by atoms with Crippen LogP contribution in [0.4, 0.5) is 0 Å². The Bertz CT molecular complexity index is 845. The van der Waals surface area contributed by atoms with Crippen LogP contribution in [0.25, 0.3) is 0 Å². The Morgan fingerprint density at radius 2 is 0.667 bits per heavy atom. The van der Waals surface area contributed by atoms with E-state index in [0.29, 0.717) is 38.5 Å². The summed E-state index contributed by atoms with van der Waals surface area (Å²) in [6.45, 7) is 4.49. The standard InChI is InChI=1S/C42H74N4O2/c1-3-5-7-9-11-13-15-17-19-21-23-25-27-29-31-37-41(47)45-39(43)35-33-34-36-40(44)46-42(48)38-32-30-28-26-24-22-20-18-16-14-12-10-8-6-4-2/h13-20H,3-12,21-38H2,1-2H3,(H2,43,45,47)(H2,44,46,48). The van der Waals surface area contributed by atoms with Crippen molar-refractivity contribution in [1.82, 2.24) is 10.6 Å². The topological polar surface area (TPSA) is 106 Å². The lowest BCUT2D eigenvalue weighted by Gasteiger charge is -2.08. The molecule has 0 aliphatic heterocycles. The van der Waals surface area contributed by atoms with Gasteiger partial charge in [0, 0.05) is 25.7 Å². The van der Waals surface area contributed by atoms with Crippen molar-refractivity contribution in [2.45, 2.75) is 194 Å². The average Bonchev–Trinajstić information content (AvgIpc) is 3.06. The summed E-state index contributed by atoms with van der Waals surface area (Å²) >= 11 is 0. The van der Waals surface area contributed by atoms with Gasteiger partial charge in [-0.25, -0.2) is 0 Å². The molecular formula is C42H74N4O2. The number of carbonyl (C=O) groups excluding carboxylic acids is 2. The van der Waals surface area contributed by atoms with Gasteiger partial charge >= 0.3 is 0 Å². The molecule has 0 saturated carbocycles. The lowest BCUT2D eigenvalue weighted by molar-refractivity contribution is -0.120. The van der Waals surface area contributed by atoms with Crippen molar-refractivity contribution in [3.05, 3.63) is 48.6 Å². The summed E-state index contributed by atoms with van der Waals surface area (Å²) < 4.78 is 0. The summed E-state index contributed by atoms with van der Waals surface area (Å²) in [6.07, 6.45) is 47.0. The minimum Gasteiger partial charge on any atom is -0.315 e. The molecule has 0 rings (SSSR count). The number of rotatable bonds is 33. The Morgan fingerprint density at radius 3 is 1.00 bits per heavy atom. The lowest BCUT2D eigenvalue weighted by atomic mass is 10.1. The van der Waals surface area contributed by atoms with E-state index in [1.54, 1.807) is 0 Å². The summed E-state index contributed by atoms with van der Waals surface area (Å²) in [5.41, 5.74) is 0. The van der Waals surface area contributed by atoms with Crippen LogP contribution in [0.1, 0.15) is 194 Å². The smallest absolute Gasteiger partial charge is 0.225 e. The van der Waals surface area contributed by atoms with Crippen molar-refractivity contribution >= 4 is 23.5 Å². The number of hydrogen-bond donors (Lipinski definition) is 4. The molecular weight excluding hydrogens is 592 g/mol. The van der Waals surface area contributed by atoms with Crippen molar-refractivity contribution in [2.24, 2.45) is 0 Å². The van der Waals surface area contributed by atoms with E-state index in [0.717, 1.165) is 51.4 Å². The zero-order valence-corrected chi connectivity index (χ0v) is 31.2. The van der Waals surface area contributed by atoms with Crippen molar-refractivity contribution in [3.63, 3.8) is 0 Å². The molecule has 0 bridgehead atoms. The quantitative estimate of drug-likeness (QED) is 0.0242. The Kier molecular flexibility index (Phi) is 34.9. The van der Waals surface area contributed by atoms with E-state index >= 15 is 0 Å². The highest BCUT2D eigenvalue weighted by Crippen LogP contribution is 2.10. The zero-order chi connectivity index (χ0) is 35.2. The van der Waals surface area contributed by atoms with Crippen molar-refractivity contribution in [3.8, 4) is 0 Å². The summed E-state index contributed by atoms with van der Waals surface area (Å²) in [4.78, 5) is 24.3. The summed E-state index contributed by atoms with van der Waals surface area (Å²) in [6, 6.07) is 0. The van der Waals surface area contributed by atoms with E-state index in [1.807, 2.05) is 0 Å². The number of amidine groups is 2. The molecule has 0 aromatic rings. The third kappa shape index (κ3) is 36.1. The number of allylic oxidation sites excluding steroid dienone is 8. The second kappa shape index (κ2) is 37.1. The van der Waals surface area contributed by atoms with E-state index in [1.165, 1.54) is 89.9 Å². The molecule has 0 fully saturated rings. The average molecular weight is 667 g/mol. The highest BCUT2D eigenvalue weighted by atomic mass is 16.2. The van der Waals surface area contributed by atoms with Gasteiger partial charge in [0.15, 0.2) is 0 Å². The van der Waals surface area contributed by atoms with E-state index < -0.39 is 0 Å². The first-order valence-corrected chi connectivity index (χ1v) is 19.9. The first-order chi connectivity index (χ1) is 23.5. The number of carbonyl (C=O) groups is 2. The summed E-state index contributed by atoms with van der Waals surface area (Å²) in [5, 5.41) is 21.5. The Hall–Kier alpha value is -2.76. The third-order valence-electron chi connectivity index (χ3n) is 8.45. The van der Waals surface area contributed by atoms with Crippen LogP contribution >= 0.6 is 0 Å². The van der Waals surface area contributed by atoms with Crippen molar-refractivity contribution in [2.75, 3.05) is 0 Å². The van der Waals surface area contributed by atoms with Crippen LogP contribution in [0.5, 0.6) is 0 Å². The van der Waals surface area contributed by atoms with Gasteiger partial charge < -0.3 is 10.6 Å². The molecule has 0 aliphatic carbocycles. The van der Waals surface area contributed by atoms with Gasteiger partial charge in [-0.3, -0.25) is 20.4 Å². The summed E-state index contributed by atoms with van der Waals surface area (Å²) in [5.74, 6) is 0.353. The number of unbranched alkanes of at least 4 members (excludes halogenated alkanes) is 19. The normalized spacial score (nSPS) is 11.8. The number of amides is 2. The van der Waals surface area contributed by atoms with Crippen LogP contribution in [0, 0.1) is 10.8 Å². The van der Waals surface area contributed by atoms with E-state index in [9.17, 15) is 9.59 Å². The van der Waals surface area contributed by atoms with Gasteiger partial charge in [0.1, 0.15) is 0 Å². The molecule has 0 aliphatic rings. The molecule has 274 valence electrons. The maximum atomic E-state index is 12.1. The first kappa shape index (κ1) is 45.2. The molecule has 0 radical (unpaired) electrons. The maximum Gasteiger partial charge on any atom is 0.225 e. The molecule has 2 amide bonds. The van der Waals surface area contributed by atoms with E-state index in [2.05, 4.69) is 73.1 Å². The molecule has 0 spiro atoms. The zero-order valence-electron chi connectivity index (χ0n) is 31.2. The molecule has 4 N–H and O–H groups in total. The van der Waals surface area contributed by atoms with Crippen LogP contribution in [0.3, 0.4) is 0 Å². The van der Waals surface area contributed by atoms with Crippen molar-refractivity contribution < 1.29 is 9.59 Å². The Morgan fingerprint density at radius 1 is 0.396 bits per heavy atom. The fraction of sp³-hybridized carbons (Fsp3) is 0.714. The lowest BCUT2D eigenvalue weighted by Crippen LogP contribution is -2.30. The summed E-state index contributed by atoms with van der Waals surface area (Å²) in [7, 11) is 0. The van der Waals surface area contributed by atoms with Crippen molar-refractivity contribution in [1.29, 1.82) is 10.8 Å². The molecule has 0 unspecified atom stereocenters. The predicted molar refractivity (Wildman–Crippen MR) is 209 cm³/mol. The van der Waals surface area contributed by atoms with Crippen LogP contribution in [0.15, 0.2) is 48.6 Å². The highest BCUT2D eigenvalue weighted by Gasteiger charge is 2.07. The molecule has 6 nitrogen and oxygen atoms in total. The fourth-order valence-corrected chi connectivity index (χ4v) is 5.42. The van der Waals surface area contributed by atoms with Gasteiger partial charge in [-0.2, -0.15) is 0 Å². The van der Waals surface area contributed by atoms with Gasteiger partial charge in [-0.1, -0.05) is 140 Å². The number of hydrogen-bond acceptors (Lipinski definition) is 4. The molecule has 0 saturated heterocycles.